The van der Waals surface area contributed by atoms with Crippen LogP contribution in [0.15, 0.2) is 79.1 Å². The molecule has 9 heteroatoms. The third-order valence-corrected chi connectivity index (χ3v) is 5.47. The Morgan fingerprint density at radius 1 is 0.806 bits per heavy atom. The van der Waals surface area contributed by atoms with E-state index in [2.05, 4.69) is 0 Å². The van der Waals surface area contributed by atoms with E-state index in [1.807, 2.05) is 24.3 Å². The van der Waals surface area contributed by atoms with Crippen molar-refractivity contribution in [3.8, 4) is 0 Å². The van der Waals surface area contributed by atoms with E-state index in [1.165, 1.54) is 18.4 Å². The quantitative estimate of drug-likeness (QED) is 0.221. The van der Waals surface area contributed by atoms with Gasteiger partial charge >= 0.3 is 0 Å². The van der Waals surface area contributed by atoms with E-state index in [0.29, 0.717) is 16.9 Å². The molecule has 0 aliphatic rings. The number of nitrogens with zero attached hydrogens (tertiary/aromatic N) is 2. The Kier molecular flexibility index (Phi) is 7.12. The molecule has 3 aromatic carbocycles. The van der Waals surface area contributed by atoms with Gasteiger partial charge in [0.1, 0.15) is 19.5 Å². The third kappa shape index (κ3) is 5.55. The standard InChI is InChI=1S/C22H20N2O6Si/c25-23(26)19-10-4-1-7-16(19)13-29-15-21(18-9-3-6-12-22(18)31)30-14-17-8-2-5-11-20(17)24(27)28/h1-12,15H,13-14H2,31H3. The second-order valence-corrected chi connectivity index (χ2v) is 7.75. The number of hydrogen-bond donors (Lipinski definition) is 0. The molecule has 0 spiro atoms. The van der Waals surface area contributed by atoms with Crippen LogP contribution in [0.1, 0.15) is 16.7 Å². The Morgan fingerprint density at radius 3 is 1.90 bits per heavy atom. The molecule has 3 rings (SSSR count). The zero-order chi connectivity index (χ0) is 22.2. The van der Waals surface area contributed by atoms with E-state index < -0.39 is 9.85 Å². The van der Waals surface area contributed by atoms with E-state index in [4.69, 9.17) is 9.47 Å². The molecule has 3 aromatic rings. The van der Waals surface area contributed by atoms with E-state index in [1.54, 1.807) is 36.4 Å². The minimum absolute atomic E-state index is 0.0151. The highest BCUT2D eigenvalue weighted by molar-refractivity contribution is 6.34. The van der Waals surface area contributed by atoms with Crippen LogP contribution in [0, 0.1) is 20.2 Å². The highest BCUT2D eigenvalue weighted by atomic mass is 28.1. The molecule has 0 saturated carbocycles. The van der Waals surface area contributed by atoms with Crippen molar-refractivity contribution in [2.24, 2.45) is 0 Å². The molecule has 31 heavy (non-hydrogen) atoms. The third-order valence-electron chi connectivity index (χ3n) is 4.60. The average molecular weight is 436 g/mol. The average Bonchev–Trinajstić information content (AvgIpc) is 2.77. The normalized spacial score (nSPS) is 11.2. The first-order valence-corrected chi connectivity index (χ1v) is 10.4. The smallest absolute Gasteiger partial charge is 0.276 e. The summed E-state index contributed by atoms with van der Waals surface area (Å²) in [7, 11) is 0.753. The maximum Gasteiger partial charge on any atom is 0.276 e. The van der Waals surface area contributed by atoms with Gasteiger partial charge in [-0.05, 0) is 12.1 Å². The number of hydrogen-bond acceptors (Lipinski definition) is 6. The fourth-order valence-electron chi connectivity index (χ4n) is 3.01. The topological polar surface area (TPSA) is 105 Å². The maximum atomic E-state index is 11.3. The van der Waals surface area contributed by atoms with Crippen LogP contribution >= 0.6 is 0 Å². The highest BCUT2D eigenvalue weighted by Crippen LogP contribution is 2.23. The van der Waals surface area contributed by atoms with Gasteiger partial charge in [0, 0.05) is 27.9 Å². The lowest BCUT2D eigenvalue weighted by atomic mass is 10.1. The maximum absolute atomic E-state index is 11.3. The van der Waals surface area contributed by atoms with Crippen LogP contribution in [-0.4, -0.2) is 20.1 Å². The number of nitro benzene ring substituents is 2. The van der Waals surface area contributed by atoms with Crippen molar-refractivity contribution < 1.29 is 19.3 Å². The molecule has 0 N–H and O–H groups in total. The number of ether oxygens (including phenoxy) is 2. The summed E-state index contributed by atoms with van der Waals surface area (Å²) in [5.74, 6) is 0.405. The first-order chi connectivity index (χ1) is 15.0. The van der Waals surface area contributed by atoms with Crippen LogP contribution in [0.3, 0.4) is 0 Å². The summed E-state index contributed by atoms with van der Waals surface area (Å²) in [6.45, 7) is -0.0352. The van der Waals surface area contributed by atoms with Gasteiger partial charge in [0.2, 0.25) is 0 Å². The molecule has 0 aliphatic heterocycles. The van der Waals surface area contributed by atoms with Gasteiger partial charge in [0.05, 0.1) is 21.0 Å². The van der Waals surface area contributed by atoms with Gasteiger partial charge in [-0.3, -0.25) is 20.2 Å². The van der Waals surface area contributed by atoms with E-state index in [9.17, 15) is 20.2 Å². The van der Waals surface area contributed by atoms with Crippen LogP contribution in [0.4, 0.5) is 11.4 Å². The van der Waals surface area contributed by atoms with Crippen LogP contribution in [0.2, 0.25) is 0 Å². The van der Waals surface area contributed by atoms with Gasteiger partial charge in [0.25, 0.3) is 11.4 Å². The molecule has 0 amide bonds. The molecular formula is C22H20N2O6Si. The number of benzene rings is 3. The second kappa shape index (κ2) is 10.2. The Hall–Kier alpha value is -3.98. The van der Waals surface area contributed by atoms with Crippen molar-refractivity contribution in [1.82, 2.24) is 0 Å². The molecule has 0 radical (unpaired) electrons. The van der Waals surface area contributed by atoms with Gasteiger partial charge < -0.3 is 9.47 Å². The van der Waals surface area contributed by atoms with Crippen molar-refractivity contribution >= 4 is 32.6 Å². The first-order valence-electron chi connectivity index (χ1n) is 9.42. The fourth-order valence-corrected chi connectivity index (χ4v) is 3.61. The Morgan fingerprint density at radius 2 is 1.32 bits per heavy atom. The Labute approximate surface area is 181 Å². The van der Waals surface area contributed by atoms with Gasteiger partial charge in [-0.2, -0.15) is 0 Å². The van der Waals surface area contributed by atoms with Crippen molar-refractivity contribution in [3.05, 3.63) is 116 Å². The van der Waals surface area contributed by atoms with Gasteiger partial charge in [-0.25, -0.2) is 0 Å². The van der Waals surface area contributed by atoms with E-state index >= 15 is 0 Å². The van der Waals surface area contributed by atoms with Crippen LogP contribution < -0.4 is 5.19 Å². The van der Waals surface area contributed by atoms with Gasteiger partial charge in [-0.15, -0.1) is 0 Å². The lowest BCUT2D eigenvalue weighted by Gasteiger charge is -2.14. The van der Waals surface area contributed by atoms with Gasteiger partial charge in [0.15, 0.2) is 5.76 Å². The fraction of sp³-hybridized carbons (Fsp3) is 0.0909. The SMILES string of the molecule is O=[N+]([O-])c1ccccc1COC=C(OCc1ccccc1[N+](=O)[O-])c1ccccc1[SiH3]. The summed E-state index contributed by atoms with van der Waals surface area (Å²) in [4.78, 5) is 21.6. The zero-order valence-electron chi connectivity index (χ0n) is 16.8. The molecule has 0 heterocycles. The van der Waals surface area contributed by atoms with Crippen molar-refractivity contribution in [1.29, 1.82) is 0 Å². The van der Waals surface area contributed by atoms with Crippen LogP contribution in [0.5, 0.6) is 0 Å². The molecule has 158 valence electrons. The van der Waals surface area contributed by atoms with E-state index in [0.717, 1.165) is 21.0 Å². The number of para-hydroxylation sites is 2. The largest absolute Gasteiger partial charge is 0.492 e. The van der Waals surface area contributed by atoms with Gasteiger partial charge in [-0.1, -0.05) is 53.7 Å². The molecule has 8 nitrogen and oxygen atoms in total. The predicted octanol–water partition coefficient (Wildman–Crippen LogP) is 3.23. The molecule has 0 atom stereocenters. The highest BCUT2D eigenvalue weighted by Gasteiger charge is 2.16. The molecule has 0 unspecified atom stereocenters. The monoisotopic (exact) mass is 436 g/mol. The Bertz CT molecular complexity index is 1130. The molecule has 0 aliphatic carbocycles. The summed E-state index contributed by atoms with van der Waals surface area (Å²) in [5, 5.41) is 23.5. The predicted molar refractivity (Wildman–Crippen MR) is 120 cm³/mol. The van der Waals surface area contributed by atoms with Crippen molar-refractivity contribution in [3.63, 3.8) is 0 Å². The summed E-state index contributed by atoms with van der Waals surface area (Å²) < 4.78 is 11.6. The number of rotatable bonds is 9. The number of nitro groups is 2. The molecular weight excluding hydrogens is 416 g/mol. The summed E-state index contributed by atoms with van der Waals surface area (Å²) >= 11 is 0. The summed E-state index contributed by atoms with van der Waals surface area (Å²) in [6, 6.07) is 20.3. The second-order valence-electron chi connectivity index (χ2n) is 6.67. The van der Waals surface area contributed by atoms with Crippen molar-refractivity contribution in [2.45, 2.75) is 13.2 Å². The van der Waals surface area contributed by atoms with Crippen LogP contribution in [-0.2, 0) is 22.7 Å². The minimum atomic E-state index is -0.457. The first kappa shape index (κ1) is 21.7. The molecule has 0 aromatic heterocycles. The summed E-state index contributed by atoms with van der Waals surface area (Å²) in [6.07, 6.45) is 1.40. The molecule has 0 fully saturated rings. The zero-order valence-corrected chi connectivity index (χ0v) is 18.8. The van der Waals surface area contributed by atoms with E-state index in [-0.39, 0.29) is 24.6 Å². The summed E-state index contributed by atoms with van der Waals surface area (Å²) in [5.41, 5.74) is 1.63. The lowest BCUT2D eigenvalue weighted by Crippen LogP contribution is -2.11. The Balaban J connectivity index is 1.84. The van der Waals surface area contributed by atoms with Crippen LogP contribution in [0.25, 0.3) is 5.76 Å². The molecule has 0 saturated heterocycles. The molecule has 0 bridgehead atoms. The lowest BCUT2D eigenvalue weighted by molar-refractivity contribution is -0.386. The van der Waals surface area contributed by atoms with Crippen molar-refractivity contribution in [2.75, 3.05) is 0 Å². The minimum Gasteiger partial charge on any atom is -0.492 e.